The van der Waals surface area contributed by atoms with Crippen molar-refractivity contribution in [2.45, 2.75) is 69.0 Å². The van der Waals surface area contributed by atoms with Crippen molar-refractivity contribution in [1.82, 2.24) is 4.90 Å². The number of ether oxygens (including phenoxy) is 1. The number of aryl methyl sites for hydroxylation is 2. The van der Waals surface area contributed by atoms with Crippen LogP contribution in [0, 0.1) is 31.6 Å². The molecule has 1 aromatic carbocycles. The lowest BCUT2D eigenvalue weighted by Crippen LogP contribution is -2.58. The summed E-state index contributed by atoms with van der Waals surface area (Å²) >= 11 is 1.54. The number of carbonyl (C=O) groups is 3. The average Bonchev–Trinajstić information content (AvgIpc) is 3.20. The number of fused-ring (bicyclic) bond motifs is 2. The molecule has 2 amide bonds. The molecule has 4 aliphatic heterocycles. The van der Waals surface area contributed by atoms with E-state index in [0.717, 1.165) is 23.2 Å². The van der Waals surface area contributed by atoms with Crippen LogP contribution in [0.4, 0.5) is 5.69 Å². The molecule has 7 atom stereocenters. The maximum absolute atomic E-state index is 14.7. The fourth-order valence-corrected chi connectivity index (χ4v) is 8.96. The topological polar surface area (TPSA) is 87.2 Å². The lowest BCUT2D eigenvalue weighted by atomic mass is 9.74. The van der Waals surface area contributed by atoms with Crippen LogP contribution in [-0.2, 0) is 19.1 Å². The summed E-state index contributed by atoms with van der Waals surface area (Å²) in [4.78, 5) is 46.1. The lowest BCUT2D eigenvalue weighted by Gasteiger charge is -2.41. The van der Waals surface area contributed by atoms with Crippen LogP contribution in [0.25, 0.3) is 0 Å². The van der Waals surface area contributed by atoms with Crippen LogP contribution in [0.2, 0.25) is 0 Å². The molecule has 4 aliphatic rings. The molecule has 0 bridgehead atoms. The number of likely N-dealkylation sites (tertiary alicyclic amines) is 1. The highest BCUT2D eigenvalue weighted by Crippen LogP contribution is 2.65. The highest BCUT2D eigenvalue weighted by molar-refractivity contribution is 8.02. The summed E-state index contributed by atoms with van der Waals surface area (Å²) in [5, 5.41) is 10.5. The van der Waals surface area contributed by atoms with Crippen molar-refractivity contribution in [2.75, 3.05) is 24.7 Å². The second-order valence-electron chi connectivity index (χ2n) is 11.4. The smallest absolute Gasteiger partial charge is 0.311 e. The number of cyclic esters (lactones) is 1. The Morgan fingerprint density at radius 1 is 1.13 bits per heavy atom. The van der Waals surface area contributed by atoms with Gasteiger partial charge in [-0.2, -0.15) is 0 Å². The zero-order valence-electron chi connectivity index (χ0n) is 22.8. The predicted molar refractivity (Wildman–Crippen MR) is 149 cm³/mol. The number of benzene rings is 1. The third kappa shape index (κ3) is 3.94. The Hall–Kier alpha value is -2.58. The van der Waals surface area contributed by atoms with Gasteiger partial charge in [-0.25, -0.2) is 0 Å². The van der Waals surface area contributed by atoms with E-state index in [1.54, 1.807) is 9.80 Å². The lowest BCUT2D eigenvalue weighted by molar-refractivity contribution is -0.155. The first-order valence-electron chi connectivity index (χ1n) is 13.6. The molecule has 0 aliphatic carbocycles. The van der Waals surface area contributed by atoms with E-state index in [0.29, 0.717) is 13.0 Å². The summed E-state index contributed by atoms with van der Waals surface area (Å²) in [6, 6.07) is 4.63. The van der Waals surface area contributed by atoms with E-state index in [1.807, 2.05) is 77.1 Å². The van der Waals surface area contributed by atoms with Crippen LogP contribution >= 0.6 is 11.8 Å². The number of carbonyl (C=O) groups excluding carboxylic acids is 3. The first-order chi connectivity index (χ1) is 18.1. The number of aliphatic hydroxyl groups excluding tert-OH is 1. The molecule has 1 unspecified atom stereocenters. The van der Waals surface area contributed by atoms with Gasteiger partial charge < -0.3 is 19.6 Å². The van der Waals surface area contributed by atoms with Gasteiger partial charge in [0.05, 0.1) is 35.8 Å². The highest BCUT2D eigenvalue weighted by atomic mass is 32.2. The van der Waals surface area contributed by atoms with Crippen molar-refractivity contribution in [3.05, 3.63) is 53.6 Å². The molecule has 5 rings (SSSR count). The van der Waals surface area contributed by atoms with Gasteiger partial charge in [0.2, 0.25) is 5.91 Å². The Balaban J connectivity index is 1.71. The van der Waals surface area contributed by atoms with Crippen molar-refractivity contribution in [2.24, 2.45) is 17.8 Å². The molecule has 0 saturated carbocycles. The summed E-state index contributed by atoms with van der Waals surface area (Å²) in [5.41, 5.74) is 2.83. The van der Waals surface area contributed by atoms with E-state index in [2.05, 4.69) is 0 Å². The van der Waals surface area contributed by atoms with E-state index in [9.17, 15) is 19.5 Å². The number of amides is 2. The molecule has 1 aromatic rings. The summed E-state index contributed by atoms with van der Waals surface area (Å²) in [6.45, 7) is 10.4. The Bertz CT molecular complexity index is 1210. The van der Waals surface area contributed by atoms with Gasteiger partial charge in [0.1, 0.15) is 6.04 Å². The fourth-order valence-electron chi connectivity index (χ4n) is 6.83. The van der Waals surface area contributed by atoms with E-state index in [-0.39, 0.29) is 36.9 Å². The normalized spacial score (nSPS) is 34.2. The number of hydrogen-bond acceptors (Lipinski definition) is 6. The molecular weight excluding hydrogens is 500 g/mol. The molecule has 2 saturated heterocycles. The van der Waals surface area contributed by atoms with Gasteiger partial charge >= 0.3 is 5.97 Å². The first-order valence-corrected chi connectivity index (χ1v) is 14.4. The van der Waals surface area contributed by atoms with Gasteiger partial charge in [0.15, 0.2) is 0 Å². The van der Waals surface area contributed by atoms with Crippen LogP contribution < -0.4 is 4.90 Å². The maximum atomic E-state index is 14.7. The van der Waals surface area contributed by atoms with Gasteiger partial charge in [0.25, 0.3) is 5.91 Å². The predicted octanol–water partition coefficient (Wildman–Crippen LogP) is 3.80. The second kappa shape index (κ2) is 9.87. The third-order valence-corrected chi connectivity index (χ3v) is 10.8. The minimum absolute atomic E-state index is 0.0328. The molecule has 8 heteroatoms. The SMILES string of the molecule is CC[C@H](C)[C@H](CO)N1C(=O)[C@@H]2[C@H]3C(=O)OCCC=C[C@@]3(C)S[C@@]23C=CCN(c2cc(C)ccc2C)C(=O)C13. The van der Waals surface area contributed by atoms with Crippen LogP contribution in [0.3, 0.4) is 0 Å². The molecule has 1 N–H and O–H groups in total. The van der Waals surface area contributed by atoms with Crippen molar-refractivity contribution < 1.29 is 24.2 Å². The van der Waals surface area contributed by atoms with E-state index in [1.165, 1.54) is 11.8 Å². The largest absolute Gasteiger partial charge is 0.465 e. The molecule has 1 spiro atoms. The van der Waals surface area contributed by atoms with Crippen LogP contribution in [0.1, 0.15) is 44.7 Å². The Labute approximate surface area is 229 Å². The number of esters is 1. The minimum Gasteiger partial charge on any atom is -0.465 e. The van der Waals surface area contributed by atoms with Crippen molar-refractivity contribution in [3.8, 4) is 0 Å². The standard InChI is InChI=1S/C30H38N2O5S/c1-6-19(3)22(17-33)32-25-27(35)31(21-16-18(2)10-11-20(21)4)14-9-13-30(25)23(26(32)34)24-28(36)37-15-8-7-12-29(24,5)38-30/h7,9-13,16,19,22-25,33H,6,8,14-15,17H2,1-5H3/t19-,22-,23-,24-,25?,29+,30-/m0/s1. The van der Waals surface area contributed by atoms with Gasteiger partial charge in [-0.1, -0.05) is 56.7 Å². The maximum Gasteiger partial charge on any atom is 0.311 e. The second-order valence-corrected chi connectivity index (χ2v) is 13.2. The van der Waals surface area contributed by atoms with Crippen molar-refractivity contribution >= 4 is 35.2 Å². The number of aliphatic hydroxyl groups is 1. The molecule has 204 valence electrons. The number of rotatable bonds is 5. The first kappa shape index (κ1) is 27.0. The number of hydrogen-bond donors (Lipinski definition) is 1. The average molecular weight is 539 g/mol. The summed E-state index contributed by atoms with van der Waals surface area (Å²) in [7, 11) is 0. The van der Waals surface area contributed by atoms with Crippen LogP contribution in [0.15, 0.2) is 42.5 Å². The molecule has 7 nitrogen and oxygen atoms in total. The summed E-state index contributed by atoms with van der Waals surface area (Å²) < 4.78 is 3.95. The third-order valence-electron chi connectivity index (χ3n) is 8.96. The van der Waals surface area contributed by atoms with Crippen molar-refractivity contribution in [3.63, 3.8) is 0 Å². The van der Waals surface area contributed by atoms with E-state index in [4.69, 9.17) is 4.74 Å². The number of nitrogens with zero attached hydrogens (tertiary/aromatic N) is 2. The van der Waals surface area contributed by atoms with Crippen molar-refractivity contribution in [1.29, 1.82) is 0 Å². The Morgan fingerprint density at radius 3 is 2.61 bits per heavy atom. The van der Waals surface area contributed by atoms with Gasteiger partial charge in [-0.05, 0) is 50.3 Å². The zero-order chi connectivity index (χ0) is 27.4. The summed E-state index contributed by atoms with van der Waals surface area (Å²) in [5.74, 6) is -2.35. The molecule has 0 aromatic heterocycles. The van der Waals surface area contributed by atoms with Gasteiger partial charge in [-0.15, -0.1) is 11.8 Å². The van der Waals surface area contributed by atoms with Gasteiger partial charge in [-0.3, -0.25) is 14.4 Å². The highest BCUT2D eigenvalue weighted by Gasteiger charge is 2.74. The number of thioether (sulfide) groups is 1. The fraction of sp³-hybridized carbons (Fsp3) is 0.567. The van der Waals surface area contributed by atoms with Crippen LogP contribution in [0.5, 0.6) is 0 Å². The molecule has 4 heterocycles. The summed E-state index contributed by atoms with van der Waals surface area (Å²) in [6.07, 6.45) is 9.40. The van der Waals surface area contributed by atoms with Crippen LogP contribution in [-0.4, -0.2) is 69.1 Å². The molecule has 38 heavy (non-hydrogen) atoms. The molecular formula is C30H38N2O5S. The molecule has 0 radical (unpaired) electrons. The van der Waals surface area contributed by atoms with E-state index >= 15 is 0 Å². The monoisotopic (exact) mass is 538 g/mol. The molecule has 2 fully saturated rings. The van der Waals surface area contributed by atoms with Gasteiger partial charge in [0, 0.05) is 17.0 Å². The zero-order valence-corrected chi connectivity index (χ0v) is 23.7. The van der Waals surface area contributed by atoms with E-state index < -0.39 is 33.4 Å². The Morgan fingerprint density at radius 2 is 1.89 bits per heavy atom. The minimum atomic E-state index is -0.964. The Kier molecular flexibility index (Phi) is 7.01. The quantitative estimate of drug-likeness (QED) is 0.453. The number of anilines is 1.